The summed E-state index contributed by atoms with van der Waals surface area (Å²) in [5.41, 5.74) is 6.14. The molecular weight excluding hydrogens is 449 g/mol. The number of hydrogen-bond donors (Lipinski definition) is 2. The molecule has 3 heterocycles. The predicted molar refractivity (Wildman–Crippen MR) is 127 cm³/mol. The van der Waals surface area contributed by atoms with Crippen LogP contribution < -0.4 is 4.74 Å². The SMILES string of the molecule is Cc1cccc(-c2[nH]c(Cc3ccc(F)c(OCC(=O)O)c3)nc2-c2ccc3nccnc3c2)n1. The van der Waals surface area contributed by atoms with Crippen LogP contribution in [-0.4, -0.2) is 42.6 Å². The number of aromatic nitrogens is 5. The second kappa shape index (κ2) is 9.30. The summed E-state index contributed by atoms with van der Waals surface area (Å²) in [7, 11) is 0. The molecule has 8 nitrogen and oxygen atoms in total. The van der Waals surface area contributed by atoms with E-state index in [0.29, 0.717) is 23.5 Å². The molecule has 0 atom stereocenters. The van der Waals surface area contributed by atoms with E-state index in [2.05, 4.69) is 19.9 Å². The second-order valence-corrected chi connectivity index (χ2v) is 7.96. The summed E-state index contributed by atoms with van der Waals surface area (Å²) in [5.74, 6) is -1.29. The fraction of sp³-hybridized carbons (Fsp3) is 0.115. The summed E-state index contributed by atoms with van der Waals surface area (Å²) in [5, 5.41) is 8.83. The monoisotopic (exact) mass is 469 g/mol. The maximum absolute atomic E-state index is 14.1. The van der Waals surface area contributed by atoms with Crippen LogP contribution in [0.3, 0.4) is 0 Å². The minimum atomic E-state index is -1.18. The van der Waals surface area contributed by atoms with E-state index in [0.717, 1.165) is 33.7 Å². The van der Waals surface area contributed by atoms with Crippen LogP contribution >= 0.6 is 0 Å². The summed E-state index contributed by atoms with van der Waals surface area (Å²) in [4.78, 5) is 32.4. The molecule has 0 aliphatic rings. The molecule has 0 saturated carbocycles. The van der Waals surface area contributed by atoms with Crippen LogP contribution in [-0.2, 0) is 11.2 Å². The number of aromatic amines is 1. The number of imidazole rings is 1. The van der Waals surface area contributed by atoms with E-state index in [1.807, 2.05) is 43.3 Å². The molecule has 0 saturated heterocycles. The molecule has 0 fully saturated rings. The number of rotatable bonds is 7. The van der Waals surface area contributed by atoms with Crippen molar-refractivity contribution in [3.05, 3.63) is 89.9 Å². The Morgan fingerprint density at radius 3 is 2.66 bits per heavy atom. The number of fused-ring (bicyclic) bond motifs is 1. The molecule has 0 unspecified atom stereocenters. The van der Waals surface area contributed by atoms with Crippen LogP contribution in [0.4, 0.5) is 4.39 Å². The van der Waals surface area contributed by atoms with Crippen molar-refractivity contribution in [2.24, 2.45) is 0 Å². The zero-order valence-electron chi connectivity index (χ0n) is 18.7. The molecule has 0 amide bonds. The Balaban J connectivity index is 1.55. The molecule has 3 aromatic heterocycles. The summed E-state index contributed by atoms with van der Waals surface area (Å²) in [6.07, 6.45) is 3.63. The average molecular weight is 469 g/mol. The topological polar surface area (TPSA) is 114 Å². The summed E-state index contributed by atoms with van der Waals surface area (Å²) in [6.45, 7) is 1.29. The predicted octanol–water partition coefficient (Wildman–Crippen LogP) is 4.58. The molecule has 0 bridgehead atoms. The quantitative estimate of drug-likeness (QED) is 0.358. The third kappa shape index (κ3) is 4.84. The van der Waals surface area contributed by atoms with Gasteiger partial charge in [0.25, 0.3) is 0 Å². The molecule has 2 N–H and O–H groups in total. The van der Waals surface area contributed by atoms with Crippen molar-refractivity contribution in [1.82, 2.24) is 24.9 Å². The molecule has 0 aliphatic carbocycles. The van der Waals surface area contributed by atoms with E-state index in [1.54, 1.807) is 18.5 Å². The van der Waals surface area contributed by atoms with Crippen LogP contribution in [0.1, 0.15) is 17.1 Å². The van der Waals surface area contributed by atoms with Crippen molar-refractivity contribution in [2.75, 3.05) is 6.61 Å². The van der Waals surface area contributed by atoms with Crippen molar-refractivity contribution < 1.29 is 19.0 Å². The van der Waals surface area contributed by atoms with Crippen molar-refractivity contribution in [3.63, 3.8) is 0 Å². The van der Waals surface area contributed by atoms with Gasteiger partial charge in [-0.05, 0) is 48.9 Å². The normalized spacial score (nSPS) is 11.0. The van der Waals surface area contributed by atoms with Crippen LogP contribution in [0.5, 0.6) is 5.75 Å². The Morgan fingerprint density at radius 2 is 1.86 bits per heavy atom. The zero-order chi connectivity index (χ0) is 24.4. The number of carbonyl (C=O) groups is 1. The Bertz CT molecular complexity index is 1550. The number of benzene rings is 2. The van der Waals surface area contributed by atoms with Gasteiger partial charge in [-0.2, -0.15) is 0 Å². The third-order valence-electron chi connectivity index (χ3n) is 5.36. The highest BCUT2D eigenvalue weighted by atomic mass is 19.1. The number of ether oxygens (including phenoxy) is 1. The highest BCUT2D eigenvalue weighted by molar-refractivity contribution is 5.84. The molecule has 5 rings (SSSR count). The van der Waals surface area contributed by atoms with Gasteiger partial charge in [0.1, 0.15) is 5.82 Å². The van der Waals surface area contributed by atoms with Gasteiger partial charge in [0.05, 0.1) is 28.1 Å². The van der Waals surface area contributed by atoms with Gasteiger partial charge < -0.3 is 14.8 Å². The van der Waals surface area contributed by atoms with Crippen LogP contribution in [0.15, 0.2) is 67.0 Å². The first-order valence-corrected chi connectivity index (χ1v) is 10.8. The smallest absolute Gasteiger partial charge is 0.341 e. The van der Waals surface area contributed by atoms with Gasteiger partial charge >= 0.3 is 5.97 Å². The molecular formula is C26H20FN5O3. The van der Waals surface area contributed by atoms with Gasteiger partial charge in [0.15, 0.2) is 18.2 Å². The number of carboxylic acid groups (broad SMARTS) is 1. The first-order chi connectivity index (χ1) is 17.0. The first kappa shape index (κ1) is 22.1. The standard InChI is InChI=1S/C26H20FN5O3/c1-15-3-2-4-20(30-15)26-25(17-6-8-19-21(13-17)29-10-9-28-19)31-23(32-26)12-16-5-7-18(27)22(11-16)35-14-24(33)34/h2-11,13H,12,14H2,1H3,(H,31,32)(H,33,34). The summed E-state index contributed by atoms with van der Waals surface area (Å²) >= 11 is 0. The van der Waals surface area contributed by atoms with E-state index in [9.17, 15) is 9.18 Å². The lowest BCUT2D eigenvalue weighted by Gasteiger charge is -2.07. The molecule has 9 heteroatoms. The number of H-pyrrole nitrogens is 1. The summed E-state index contributed by atoms with van der Waals surface area (Å²) in [6, 6.07) is 15.9. The fourth-order valence-corrected chi connectivity index (χ4v) is 3.79. The Kier molecular flexibility index (Phi) is 5.88. The number of nitrogens with one attached hydrogen (secondary N) is 1. The number of halogens is 1. The van der Waals surface area contributed by atoms with Crippen LogP contribution in [0.2, 0.25) is 0 Å². The zero-order valence-corrected chi connectivity index (χ0v) is 18.7. The van der Waals surface area contributed by atoms with Gasteiger partial charge in [-0.15, -0.1) is 0 Å². The van der Waals surface area contributed by atoms with Gasteiger partial charge in [-0.3, -0.25) is 15.0 Å². The Morgan fingerprint density at radius 1 is 1.03 bits per heavy atom. The van der Waals surface area contributed by atoms with Gasteiger partial charge in [0.2, 0.25) is 0 Å². The molecule has 0 radical (unpaired) electrons. The van der Waals surface area contributed by atoms with Crippen LogP contribution in [0, 0.1) is 12.7 Å². The lowest BCUT2D eigenvalue weighted by atomic mass is 10.1. The highest BCUT2D eigenvalue weighted by Gasteiger charge is 2.17. The summed E-state index contributed by atoms with van der Waals surface area (Å²) < 4.78 is 19.1. The van der Waals surface area contributed by atoms with Gasteiger partial charge in [-0.1, -0.05) is 18.2 Å². The lowest BCUT2D eigenvalue weighted by Crippen LogP contribution is -2.10. The highest BCUT2D eigenvalue weighted by Crippen LogP contribution is 2.31. The number of pyridine rings is 1. The van der Waals surface area contributed by atoms with Gasteiger partial charge in [0, 0.05) is 30.1 Å². The molecule has 174 valence electrons. The van der Waals surface area contributed by atoms with Crippen LogP contribution in [0.25, 0.3) is 33.7 Å². The Hall–Kier alpha value is -4.66. The Labute approximate surface area is 199 Å². The number of hydrogen-bond acceptors (Lipinski definition) is 6. The molecule has 2 aromatic carbocycles. The fourth-order valence-electron chi connectivity index (χ4n) is 3.79. The maximum Gasteiger partial charge on any atom is 0.341 e. The van der Waals surface area contributed by atoms with Crippen molar-refractivity contribution in [3.8, 4) is 28.4 Å². The minimum absolute atomic E-state index is 0.120. The number of carboxylic acids is 1. The average Bonchev–Trinajstić information content (AvgIpc) is 3.28. The van der Waals surface area contributed by atoms with Crippen molar-refractivity contribution in [2.45, 2.75) is 13.3 Å². The largest absolute Gasteiger partial charge is 0.479 e. The van der Waals surface area contributed by atoms with E-state index in [1.165, 1.54) is 12.1 Å². The molecule has 0 spiro atoms. The van der Waals surface area contributed by atoms with E-state index < -0.39 is 18.4 Å². The minimum Gasteiger partial charge on any atom is -0.479 e. The van der Waals surface area contributed by atoms with E-state index in [4.69, 9.17) is 14.8 Å². The third-order valence-corrected chi connectivity index (χ3v) is 5.36. The number of nitrogens with zero attached hydrogens (tertiary/aromatic N) is 4. The van der Waals surface area contributed by atoms with Gasteiger partial charge in [-0.25, -0.2) is 14.2 Å². The second-order valence-electron chi connectivity index (χ2n) is 7.96. The van der Waals surface area contributed by atoms with Crippen molar-refractivity contribution >= 4 is 17.0 Å². The maximum atomic E-state index is 14.1. The number of aryl methyl sites for hydroxylation is 1. The molecule has 5 aromatic rings. The first-order valence-electron chi connectivity index (χ1n) is 10.8. The molecule has 0 aliphatic heterocycles. The van der Waals surface area contributed by atoms with E-state index >= 15 is 0 Å². The number of aliphatic carboxylic acids is 1. The molecule has 35 heavy (non-hydrogen) atoms. The van der Waals surface area contributed by atoms with E-state index in [-0.39, 0.29) is 5.75 Å². The van der Waals surface area contributed by atoms with Crippen molar-refractivity contribution in [1.29, 1.82) is 0 Å². The lowest BCUT2D eigenvalue weighted by molar-refractivity contribution is -0.139.